The number of halogens is 3. The van der Waals surface area contributed by atoms with Crippen LogP contribution in [0, 0.1) is 5.41 Å². The summed E-state index contributed by atoms with van der Waals surface area (Å²) < 4.78 is 36.5. The van der Waals surface area contributed by atoms with Gasteiger partial charge in [0.2, 0.25) is 0 Å². The van der Waals surface area contributed by atoms with Crippen LogP contribution in [-0.4, -0.2) is 33.4 Å². The van der Waals surface area contributed by atoms with Gasteiger partial charge in [0.25, 0.3) is 0 Å². The lowest BCUT2D eigenvalue weighted by atomic mass is 10.0. The lowest BCUT2D eigenvalue weighted by Gasteiger charge is -2.23. The lowest BCUT2D eigenvalue weighted by molar-refractivity contribution is -0.179. The van der Waals surface area contributed by atoms with E-state index in [4.69, 9.17) is 0 Å². The Morgan fingerprint density at radius 1 is 1.29 bits per heavy atom. The topological polar surface area (TPSA) is 20.3 Å². The number of amides is 1. The molecular formula is C8H14F3NOSi. The minimum Gasteiger partial charge on any atom is -0.365 e. The summed E-state index contributed by atoms with van der Waals surface area (Å²) in [4.78, 5) is 10.7. The standard InChI is InChI=1S/C8H14F3NOSi/c1-7(2,3)5-14-12(4)6(13)8(9,10)11/h5H2,1-4H3. The van der Waals surface area contributed by atoms with Crippen molar-refractivity contribution in [1.29, 1.82) is 0 Å². The van der Waals surface area contributed by atoms with Gasteiger partial charge in [-0.1, -0.05) is 20.8 Å². The van der Waals surface area contributed by atoms with E-state index in [9.17, 15) is 18.0 Å². The highest BCUT2D eigenvalue weighted by Crippen LogP contribution is 2.21. The maximum atomic E-state index is 11.9. The molecule has 0 saturated carbocycles. The molecule has 1 amide bonds. The van der Waals surface area contributed by atoms with E-state index in [-0.39, 0.29) is 15.1 Å². The summed E-state index contributed by atoms with van der Waals surface area (Å²) in [6.45, 7) is 5.77. The Bertz CT molecular complexity index is 210. The summed E-state index contributed by atoms with van der Waals surface area (Å²) in [6, 6.07) is 0.575. The van der Waals surface area contributed by atoms with Gasteiger partial charge in [0.15, 0.2) is 9.68 Å². The molecule has 2 radical (unpaired) electrons. The Labute approximate surface area is 84.4 Å². The molecule has 0 aliphatic heterocycles. The highest BCUT2D eigenvalue weighted by Gasteiger charge is 2.41. The van der Waals surface area contributed by atoms with Crippen LogP contribution in [0.4, 0.5) is 13.2 Å². The van der Waals surface area contributed by atoms with Crippen LogP contribution in [0.1, 0.15) is 20.8 Å². The largest absolute Gasteiger partial charge is 0.470 e. The van der Waals surface area contributed by atoms with Crippen molar-refractivity contribution in [1.82, 2.24) is 4.57 Å². The molecule has 0 bridgehead atoms. The highest BCUT2D eigenvalue weighted by atomic mass is 28.2. The third-order valence-corrected chi connectivity index (χ3v) is 3.29. The van der Waals surface area contributed by atoms with E-state index in [0.29, 0.717) is 6.04 Å². The lowest BCUT2D eigenvalue weighted by Crippen LogP contribution is -2.41. The molecule has 2 nitrogen and oxygen atoms in total. The van der Waals surface area contributed by atoms with Crippen LogP contribution in [0.5, 0.6) is 0 Å². The van der Waals surface area contributed by atoms with Crippen molar-refractivity contribution in [3.05, 3.63) is 0 Å². The van der Waals surface area contributed by atoms with Crippen molar-refractivity contribution < 1.29 is 18.0 Å². The Kier molecular flexibility index (Phi) is 4.17. The van der Waals surface area contributed by atoms with Crippen molar-refractivity contribution in [3.63, 3.8) is 0 Å². The third kappa shape index (κ3) is 5.26. The van der Waals surface area contributed by atoms with Crippen LogP contribution in [0.25, 0.3) is 0 Å². The van der Waals surface area contributed by atoms with E-state index in [1.165, 1.54) is 7.05 Å². The first kappa shape index (κ1) is 13.5. The molecule has 0 atom stereocenters. The second-order valence-electron chi connectivity index (χ2n) is 4.26. The van der Waals surface area contributed by atoms with Gasteiger partial charge in [0.05, 0.1) is 0 Å². The molecule has 0 aromatic carbocycles. The molecule has 82 valence electrons. The van der Waals surface area contributed by atoms with Gasteiger partial charge < -0.3 is 4.57 Å². The van der Waals surface area contributed by atoms with Crippen molar-refractivity contribution in [2.45, 2.75) is 33.0 Å². The fourth-order valence-corrected chi connectivity index (χ4v) is 1.60. The Morgan fingerprint density at radius 2 is 1.71 bits per heavy atom. The third-order valence-electron chi connectivity index (χ3n) is 1.39. The molecule has 0 rings (SSSR count). The zero-order valence-corrected chi connectivity index (χ0v) is 9.70. The monoisotopic (exact) mass is 225 g/mol. The number of carbonyl (C=O) groups is 1. The SMILES string of the molecule is CN([Si]CC(C)(C)C)C(=O)C(F)(F)F. The van der Waals surface area contributed by atoms with Crippen LogP contribution in [0.3, 0.4) is 0 Å². The van der Waals surface area contributed by atoms with Gasteiger partial charge in [0.1, 0.15) is 0 Å². The van der Waals surface area contributed by atoms with E-state index in [1.807, 2.05) is 20.8 Å². The van der Waals surface area contributed by atoms with Crippen molar-refractivity contribution in [2.24, 2.45) is 5.41 Å². The molecule has 0 N–H and O–H groups in total. The number of carbonyl (C=O) groups excluding carboxylic acids is 1. The van der Waals surface area contributed by atoms with E-state index in [2.05, 4.69) is 0 Å². The molecule has 0 aromatic rings. The summed E-state index contributed by atoms with van der Waals surface area (Å²) in [5.41, 5.74) is -0.0570. The first-order valence-electron chi connectivity index (χ1n) is 4.12. The molecule has 0 aromatic heterocycles. The number of nitrogens with zero attached hydrogens (tertiary/aromatic N) is 1. The fraction of sp³-hybridized carbons (Fsp3) is 0.875. The van der Waals surface area contributed by atoms with Crippen molar-refractivity contribution in [2.75, 3.05) is 7.05 Å². The maximum Gasteiger partial charge on any atom is 0.470 e. The van der Waals surface area contributed by atoms with Crippen molar-refractivity contribution in [3.8, 4) is 0 Å². The molecule has 0 unspecified atom stereocenters. The Hall–Kier alpha value is -0.523. The van der Waals surface area contributed by atoms with Crippen LogP contribution >= 0.6 is 0 Å². The predicted octanol–water partition coefficient (Wildman–Crippen LogP) is 2.09. The number of hydrogen-bond acceptors (Lipinski definition) is 1. The van der Waals surface area contributed by atoms with Gasteiger partial charge in [-0.2, -0.15) is 13.2 Å². The van der Waals surface area contributed by atoms with Crippen LogP contribution in [0.15, 0.2) is 0 Å². The molecule has 0 aliphatic rings. The molecule has 0 saturated heterocycles. The summed E-state index contributed by atoms with van der Waals surface area (Å²) in [7, 11) is 1.06. The van der Waals surface area contributed by atoms with Gasteiger partial charge in [-0.15, -0.1) is 0 Å². The average molecular weight is 225 g/mol. The second kappa shape index (κ2) is 4.33. The van der Waals surface area contributed by atoms with Crippen LogP contribution in [-0.2, 0) is 4.79 Å². The fourth-order valence-electron chi connectivity index (χ4n) is 0.618. The summed E-state index contributed by atoms with van der Waals surface area (Å²) in [5.74, 6) is -1.76. The summed E-state index contributed by atoms with van der Waals surface area (Å²) >= 11 is 0. The molecule has 6 heteroatoms. The normalized spacial score (nSPS) is 12.8. The summed E-state index contributed by atoms with van der Waals surface area (Å²) in [5, 5.41) is 0. The first-order chi connectivity index (χ1) is 6.04. The smallest absolute Gasteiger partial charge is 0.365 e. The predicted molar refractivity (Wildman–Crippen MR) is 48.8 cm³/mol. The maximum absolute atomic E-state index is 11.9. The van der Waals surface area contributed by atoms with Gasteiger partial charge in [-0.25, -0.2) is 0 Å². The molecular weight excluding hydrogens is 211 g/mol. The number of alkyl halides is 3. The first-order valence-corrected chi connectivity index (χ1v) is 5.28. The van der Waals surface area contributed by atoms with Gasteiger partial charge in [0, 0.05) is 7.05 Å². The zero-order chi connectivity index (χ0) is 11.6. The molecule has 0 heterocycles. The Balaban J connectivity index is 4.11. The van der Waals surface area contributed by atoms with Crippen molar-refractivity contribution >= 4 is 15.6 Å². The number of hydrogen-bond donors (Lipinski definition) is 0. The summed E-state index contributed by atoms with van der Waals surface area (Å²) in [6.07, 6.45) is -4.75. The van der Waals surface area contributed by atoms with Crippen LogP contribution < -0.4 is 0 Å². The van der Waals surface area contributed by atoms with E-state index >= 15 is 0 Å². The minimum absolute atomic E-state index is 0.0570. The van der Waals surface area contributed by atoms with Crippen LogP contribution in [0.2, 0.25) is 6.04 Å². The number of rotatable bonds is 2. The average Bonchev–Trinajstić information content (AvgIpc) is 1.95. The molecule has 14 heavy (non-hydrogen) atoms. The molecule has 0 aliphatic carbocycles. The molecule has 0 fully saturated rings. The molecule has 0 spiro atoms. The van der Waals surface area contributed by atoms with Gasteiger partial charge in [-0.05, 0) is 11.5 Å². The second-order valence-corrected chi connectivity index (χ2v) is 5.60. The van der Waals surface area contributed by atoms with Gasteiger partial charge >= 0.3 is 12.1 Å². The quantitative estimate of drug-likeness (QED) is 0.659. The van der Waals surface area contributed by atoms with E-state index in [0.717, 1.165) is 4.57 Å². The van der Waals surface area contributed by atoms with Gasteiger partial charge in [-0.3, -0.25) is 4.79 Å². The highest BCUT2D eigenvalue weighted by molar-refractivity contribution is 6.37. The Morgan fingerprint density at radius 3 is 2.00 bits per heavy atom. The zero-order valence-electron chi connectivity index (χ0n) is 8.70. The van der Waals surface area contributed by atoms with E-state index < -0.39 is 12.1 Å². The minimum atomic E-state index is -4.75. The van der Waals surface area contributed by atoms with E-state index in [1.54, 1.807) is 0 Å².